The molecule has 0 aliphatic carbocycles. The number of halogens is 1. The minimum Gasteiger partial charge on any atom is -0.383 e. The van der Waals surface area contributed by atoms with Gasteiger partial charge in [-0.1, -0.05) is 28.1 Å². The van der Waals surface area contributed by atoms with Gasteiger partial charge in [-0.15, -0.1) is 5.10 Å². The molecule has 0 aliphatic heterocycles. The molecule has 1 heterocycles. The van der Waals surface area contributed by atoms with Crippen LogP contribution < -0.4 is 0 Å². The zero-order chi connectivity index (χ0) is 10.6. The van der Waals surface area contributed by atoms with E-state index in [4.69, 9.17) is 4.74 Å². The second-order valence-corrected chi connectivity index (χ2v) is 4.39. The van der Waals surface area contributed by atoms with Crippen LogP contribution in [0.5, 0.6) is 0 Å². The Labute approximate surface area is 92.8 Å². The van der Waals surface area contributed by atoms with Crippen LogP contribution in [-0.4, -0.2) is 28.7 Å². The molecule has 0 amide bonds. The quantitative estimate of drug-likeness (QED) is 0.764. The molecule has 2 unspecified atom stereocenters. The average Bonchev–Trinajstić information content (AvgIpc) is 2.65. The zero-order valence-electron chi connectivity index (χ0n) is 8.77. The van der Waals surface area contributed by atoms with Crippen molar-refractivity contribution >= 4 is 15.9 Å². The van der Waals surface area contributed by atoms with Gasteiger partial charge >= 0.3 is 0 Å². The van der Waals surface area contributed by atoms with Crippen LogP contribution in [0.25, 0.3) is 0 Å². The summed E-state index contributed by atoms with van der Waals surface area (Å²) in [5.74, 6) is 0. The van der Waals surface area contributed by atoms with Crippen molar-refractivity contribution in [2.75, 3.05) is 13.7 Å². The lowest BCUT2D eigenvalue weighted by Crippen LogP contribution is -2.13. The monoisotopic (exact) mass is 261 g/mol. The number of methoxy groups -OCH3 is 1. The number of hydrogen-bond donors (Lipinski definition) is 0. The highest BCUT2D eigenvalue weighted by atomic mass is 79.9. The molecule has 80 valence electrons. The van der Waals surface area contributed by atoms with Crippen molar-refractivity contribution < 1.29 is 4.74 Å². The Kier molecular flexibility index (Phi) is 4.54. The van der Waals surface area contributed by atoms with Gasteiger partial charge in [0.15, 0.2) is 0 Å². The van der Waals surface area contributed by atoms with E-state index in [0.717, 1.165) is 12.1 Å². The van der Waals surface area contributed by atoms with E-state index in [-0.39, 0.29) is 4.83 Å². The summed E-state index contributed by atoms with van der Waals surface area (Å²) in [4.78, 5) is 0.163. The first-order chi connectivity index (χ1) is 6.70. The molecule has 0 fully saturated rings. The van der Waals surface area contributed by atoms with Crippen molar-refractivity contribution in [2.24, 2.45) is 0 Å². The number of alkyl halides is 1. The predicted molar refractivity (Wildman–Crippen MR) is 58.6 cm³/mol. The van der Waals surface area contributed by atoms with Gasteiger partial charge < -0.3 is 4.74 Å². The molecule has 1 rings (SSSR count). The highest BCUT2D eigenvalue weighted by Gasteiger charge is 2.16. The van der Waals surface area contributed by atoms with Crippen LogP contribution in [0.15, 0.2) is 6.20 Å². The first-order valence-corrected chi connectivity index (χ1v) is 5.65. The molecule has 0 aromatic carbocycles. The highest BCUT2D eigenvalue weighted by Crippen LogP contribution is 2.24. The second kappa shape index (κ2) is 5.46. The predicted octanol–water partition coefficient (Wildman–Crippen LogP) is 2.33. The largest absolute Gasteiger partial charge is 0.383 e. The van der Waals surface area contributed by atoms with Gasteiger partial charge in [-0.2, -0.15) is 0 Å². The van der Waals surface area contributed by atoms with Gasteiger partial charge in [0.05, 0.1) is 29.4 Å². The standard InChI is InChI=1S/C9H16BrN3O/c1-4-7(2)13-9(5-11-12-13)8(10)6-14-3/h5,7-8H,4,6H2,1-3H3. The topological polar surface area (TPSA) is 39.9 Å². The molecule has 0 saturated carbocycles. The molecule has 14 heavy (non-hydrogen) atoms. The maximum Gasteiger partial charge on any atom is 0.0814 e. The number of hydrogen-bond acceptors (Lipinski definition) is 3. The third-order valence-corrected chi connectivity index (χ3v) is 2.98. The number of aromatic nitrogens is 3. The summed E-state index contributed by atoms with van der Waals surface area (Å²) in [5.41, 5.74) is 1.07. The van der Waals surface area contributed by atoms with Crippen LogP contribution in [0.3, 0.4) is 0 Å². The summed E-state index contributed by atoms with van der Waals surface area (Å²) in [7, 11) is 1.69. The van der Waals surface area contributed by atoms with Crippen LogP contribution in [-0.2, 0) is 4.74 Å². The van der Waals surface area contributed by atoms with E-state index in [0.29, 0.717) is 12.6 Å². The van der Waals surface area contributed by atoms with Crippen molar-refractivity contribution in [1.82, 2.24) is 15.0 Å². The van der Waals surface area contributed by atoms with Gasteiger partial charge in [0, 0.05) is 7.11 Å². The Balaban J connectivity index is 2.81. The molecule has 2 atom stereocenters. The minimum absolute atomic E-state index is 0.163. The lowest BCUT2D eigenvalue weighted by atomic mass is 10.2. The molecule has 0 radical (unpaired) electrons. The summed E-state index contributed by atoms with van der Waals surface area (Å²) in [6.07, 6.45) is 2.83. The fraction of sp³-hybridized carbons (Fsp3) is 0.778. The van der Waals surface area contributed by atoms with Crippen LogP contribution >= 0.6 is 15.9 Å². The van der Waals surface area contributed by atoms with Crippen molar-refractivity contribution in [3.63, 3.8) is 0 Å². The van der Waals surface area contributed by atoms with Crippen molar-refractivity contribution in [1.29, 1.82) is 0 Å². The Morgan fingerprint density at radius 1 is 1.64 bits per heavy atom. The van der Waals surface area contributed by atoms with E-state index in [1.807, 2.05) is 4.68 Å². The molecular formula is C9H16BrN3O. The fourth-order valence-corrected chi connectivity index (χ4v) is 1.82. The smallest absolute Gasteiger partial charge is 0.0814 e. The van der Waals surface area contributed by atoms with Crippen LogP contribution in [0, 0.1) is 0 Å². The van der Waals surface area contributed by atoms with Gasteiger partial charge in [0.25, 0.3) is 0 Å². The van der Waals surface area contributed by atoms with Gasteiger partial charge in [-0.25, -0.2) is 4.68 Å². The third-order valence-electron chi connectivity index (χ3n) is 2.24. The van der Waals surface area contributed by atoms with Crippen LogP contribution in [0.4, 0.5) is 0 Å². The van der Waals surface area contributed by atoms with Crippen LogP contribution in [0.2, 0.25) is 0 Å². The maximum atomic E-state index is 5.08. The number of nitrogens with zero attached hydrogens (tertiary/aromatic N) is 3. The molecule has 5 heteroatoms. The van der Waals surface area contributed by atoms with E-state index in [1.165, 1.54) is 0 Å². The molecule has 0 saturated heterocycles. The normalized spacial score (nSPS) is 15.4. The molecule has 0 aliphatic rings. The lowest BCUT2D eigenvalue weighted by Gasteiger charge is -2.15. The lowest BCUT2D eigenvalue weighted by molar-refractivity contribution is 0.198. The Morgan fingerprint density at radius 2 is 2.36 bits per heavy atom. The molecule has 0 bridgehead atoms. The molecule has 0 N–H and O–H groups in total. The first kappa shape index (κ1) is 11.7. The van der Waals surface area contributed by atoms with Crippen molar-refractivity contribution in [3.8, 4) is 0 Å². The summed E-state index contributed by atoms with van der Waals surface area (Å²) in [6.45, 7) is 4.89. The maximum absolute atomic E-state index is 5.08. The first-order valence-electron chi connectivity index (χ1n) is 4.73. The van der Waals surface area contributed by atoms with Crippen molar-refractivity contribution in [3.05, 3.63) is 11.9 Å². The zero-order valence-corrected chi connectivity index (χ0v) is 10.4. The summed E-state index contributed by atoms with van der Waals surface area (Å²) in [5, 5.41) is 7.99. The molecule has 1 aromatic rings. The Bertz CT molecular complexity index is 277. The van der Waals surface area contributed by atoms with E-state index < -0.39 is 0 Å². The van der Waals surface area contributed by atoms with E-state index in [1.54, 1.807) is 13.3 Å². The number of ether oxygens (including phenoxy) is 1. The molecule has 1 aromatic heterocycles. The fourth-order valence-electron chi connectivity index (χ4n) is 1.22. The third kappa shape index (κ3) is 2.54. The Hall–Kier alpha value is -0.420. The van der Waals surface area contributed by atoms with Gasteiger partial charge in [0.2, 0.25) is 0 Å². The Morgan fingerprint density at radius 3 is 2.93 bits per heavy atom. The highest BCUT2D eigenvalue weighted by molar-refractivity contribution is 9.09. The SMILES string of the molecule is CCC(C)n1nncc1C(Br)COC. The minimum atomic E-state index is 0.163. The van der Waals surface area contributed by atoms with Gasteiger partial charge in [0.1, 0.15) is 0 Å². The number of rotatable bonds is 5. The summed E-state index contributed by atoms with van der Waals surface area (Å²) in [6, 6.07) is 0.379. The van der Waals surface area contributed by atoms with Gasteiger partial charge in [-0.3, -0.25) is 0 Å². The summed E-state index contributed by atoms with van der Waals surface area (Å²) < 4.78 is 7.02. The van der Waals surface area contributed by atoms with E-state index in [2.05, 4.69) is 40.1 Å². The average molecular weight is 262 g/mol. The summed E-state index contributed by atoms with van der Waals surface area (Å²) >= 11 is 3.55. The molecular weight excluding hydrogens is 246 g/mol. The van der Waals surface area contributed by atoms with Gasteiger partial charge in [-0.05, 0) is 13.3 Å². The van der Waals surface area contributed by atoms with E-state index in [9.17, 15) is 0 Å². The van der Waals surface area contributed by atoms with Crippen molar-refractivity contribution in [2.45, 2.75) is 31.1 Å². The van der Waals surface area contributed by atoms with Crippen LogP contribution in [0.1, 0.15) is 36.8 Å². The molecule has 0 spiro atoms. The second-order valence-electron chi connectivity index (χ2n) is 3.28. The molecule has 4 nitrogen and oxygen atoms in total. The van der Waals surface area contributed by atoms with E-state index >= 15 is 0 Å².